The third-order valence-corrected chi connectivity index (χ3v) is 2.17. The first-order valence-electron chi connectivity index (χ1n) is 4.09. The van der Waals surface area contributed by atoms with Crippen molar-refractivity contribution in [2.24, 2.45) is 7.05 Å². The zero-order valence-corrected chi connectivity index (χ0v) is 7.66. The van der Waals surface area contributed by atoms with Crippen LogP contribution in [0.1, 0.15) is 0 Å². The van der Waals surface area contributed by atoms with E-state index >= 15 is 0 Å². The highest BCUT2D eigenvalue weighted by atomic mass is 16.1. The molecule has 0 spiro atoms. The lowest BCUT2D eigenvalue weighted by Gasteiger charge is -2.01. The molecule has 0 atom stereocenters. The Morgan fingerprint density at radius 2 is 2.07 bits per heavy atom. The molecule has 2 heterocycles. The lowest BCUT2D eigenvalue weighted by atomic mass is 10.2. The van der Waals surface area contributed by atoms with Gasteiger partial charge in [0.2, 0.25) is 0 Å². The average Bonchev–Trinajstić information content (AvgIpc) is 2.60. The van der Waals surface area contributed by atoms with E-state index in [4.69, 9.17) is 11.5 Å². The van der Waals surface area contributed by atoms with E-state index in [0.29, 0.717) is 17.3 Å². The quantitative estimate of drug-likeness (QED) is 0.507. The SMILES string of the molecule is Cn1c(-c2cc[nH]c2N)c(N)[nH]c1=O. The molecule has 0 aliphatic carbocycles. The number of hydrogen-bond donors (Lipinski definition) is 4. The number of aromatic amines is 2. The van der Waals surface area contributed by atoms with Crippen molar-refractivity contribution in [2.75, 3.05) is 11.5 Å². The molecule has 74 valence electrons. The molecule has 0 radical (unpaired) electrons. The molecule has 2 rings (SSSR count). The minimum absolute atomic E-state index is 0.252. The lowest BCUT2D eigenvalue weighted by molar-refractivity contribution is 0.870. The van der Waals surface area contributed by atoms with Crippen LogP contribution in [0.2, 0.25) is 0 Å². The van der Waals surface area contributed by atoms with Crippen molar-refractivity contribution in [3.8, 4) is 11.3 Å². The van der Waals surface area contributed by atoms with Crippen LogP contribution in [0, 0.1) is 0 Å². The maximum absolute atomic E-state index is 11.2. The Labute approximate surface area is 79.5 Å². The topological polar surface area (TPSA) is 106 Å². The second-order valence-electron chi connectivity index (χ2n) is 3.06. The summed E-state index contributed by atoms with van der Waals surface area (Å²) in [7, 11) is 1.64. The van der Waals surface area contributed by atoms with Gasteiger partial charge in [0, 0.05) is 18.8 Å². The van der Waals surface area contributed by atoms with Gasteiger partial charge in [-0.2, -0.15) is 0 Å². The molecule has 0 aliphatic rings. The minimum atomic E-state index is -0.252. The Kier molecular flexibility index (Phi) is 1.63. The van der Waals surface area contributed by atoms with Crippen LogP contribution in [0.25, 0.3) is 11.3 Å². The first-order valence-corrected chi connectivity index (χ1v) is 4.09. The van der Waals surface area contributed by atoms with Gasteiger partial charge in [0.25, 0.3) is 0 Å². The third-order valence-electron chi connectivity index (χ3n) is 2.17. The summed E-state index contributed by atoms with van der Waals surface area (Å²) in [5, 5.41) is 0. The second-order valence-corrected chi connectivity index (χ2v) is 3.06. The normalized spacial score (nSPS) is 10.6. The fourth-order valence-corrected chi connectivity index (χ4v) is 1.46. The summed E-state index contributed by atoms with van der Waals surface area (Å²) in [6, 6.07) is 1.77. The summed E-state index contributed by atoms with van der Waals surface area (Å²) in [4.78, 5) is 16.6. The predicted molar refractivity (Wildman–Crippen MR) is 54.6 cm³/mol. The largest absolute Gasteiger partial charge is 0.385 e. The van der Waals surface area contributed by atoms with E-state index in [1.165, 1.54) is 4.57 Å². The van der Waals surface area contributed by atoms with Gasteiger partial charge in [-0.1, -0.05) is 0 Å². The van der Waals surface area contributed by atoms with Crippen LogP contribution in [-0.4, -0.2) is 14.5 Å². The molecule has 0 aromatic carbocycles. The van der Waals surface area contributed by atoms with Crippen LogP contribution in [0.5, 0.6) is 0 Å². The smallest absolute Gasteiger partial charge is 0.327 e. The number of rotatable bonds is 1. The summed E-state index contributed by atoms with van der Waals surface area (Å²) in [6.45, 7) is 0. The molecule has 0 saturated carbocycles. The average molecular weight is 193 g/mol. The van der Waals surface area contributed by atoms with Gasteiger partial charge in [0.05, 0.1) is 5.69 Å². The molecule has 0 aliphatic heterocycles. The van der Waals surface area contributed by atoms with E-state index in [-0.39, 0.29) is 5.69 Å². The monoisotopic (exact) mass is 193 g/mol. The minimum Gasteiger partial charge on any atom is -0.385 e. The molecular formula is C8H11N5O. The maximum atomic E-state index is 11.2. The van der Waals surface area contributed by atoms with Crippen molar-refractivity contribution in [3.05, 3.63) is 22.7 Å². The Balaban J connectivity index is 2.74. The highest BCUT2D eigenvalue weighted by Crippen LogP contribution is 2.26. The molecule has 2 aromatic rings. The molecule has 0 unspecified atom stereocenters. The van der Waals surface area contributed by atoms with E-state index in [0.717, 1.165) is 5.56 Å². The van der Waals surface area contributed by atoms with Gasteiger partial charge in [-0.3, -0.25) is 9.55 Å². The summed E-state index contributed by atoms with van der Waals surface area (Å²) >= 11 is 0. The molecule has 0 bridgehead atoms. The fourth-order valence-electron chi connectivity index (χ4n) is 1.46. The molecule has 0 fully saturated rings. The Morgan fingerprint density at radius 1 is 1.36 bits per heavy atom. The van der Waals surface area contributed by atoms with Crippen molar-refractivity contribution in [2.45, 2.75) is 0 Å². The first kappa shape index (κ1) is 8.49. The van der Waals surface area contributed by atoms with Gasteiger partial charge in [-0.15, -0.1) is 0 Å². The summed E-state index contributed by atoms with van der Waals surface area (Å²) in [6.07, 6.45) is 1.70. The molecular weight excluding hydrogens is 182 g/mol. The molecule has 6 heteroatoms. The van der Waals surface area contributed by atoms with Gasteiger partial charge < -0.3 is 16.5 Å². The molecule has 14 heavy (non-hydrogen) atoms. The summed E-state index contributed by atoms with van der Waals surface area (Å²) in [5.41, 5.74) is 12.4. The zero-order chi connectivity index (χ0) is 10.3. The lowest BCUT2D eigenvalue weighted by Crippen LogP contribution is -2.13. The zero-order valence-electron chi connectivity index (χ0n) is 7.66. The van der Waals surface area contributed by atoms with Crippen LogP contribution in [0.3, 0.4) is 0 Å². The Hall–Kier alpha value is -2.11. The predicted octanol–water partition coefficient (Wildman–Crippen LogP) is -0.127. The first-order chi connectivity index (χ1) is 6.61. The number of nitrogens with one attached hydrogen (secondary N) is 2. The van der Waals surface area contributed by atoms with Crippen molar-refractivity contribution in [3.63, 3.8) is 0 Å². The van der Waals surface area contributed by atoms with Crippen molar-refractivity contribution >= 4 is 11.6 Å². The molecule has 0 saturated heterocycles. The van der Waals surface area contributed by atoms with E-state index in [1.807, 2.05) is 0 Å². The standard InChI is InChI=1S/C8H11N5O/c1-13-5(7(10)12-8(13)14)4-2-3-11-6(4)9/h2-3,11H,9-10H2,1H3,(H,12,14). The van der Waals surface area contributed by atoms with Gasteiger partial charge in [0.15, 0.2) is 0 Å². The number of nitrogens with two attached hydrogens (primary N) is 2. The van der Waals surface area contributed by atoms with Gasteiger partial charge in [0.1, 0.15) is 11.6 Å². The van der Waals surface area contributed by atoms with E-state index < -0.39 is 0 Å². The van der Waals surface area contributed by atoms with E-state index in [2.05, 4.69) is 9.97 Å². The third kappa shape index (κ3) is 1.00. The number of hydrogen-bond acceptors (Lipinski definition) is 3. The number of imidazole rings is 1. The number of anilines is 2. The molecule has 6 N–H and O–H groups in total. The van der Waals surface area contributed by atoms with Crippen LogP contribution in [0.4, 0.5) is 11.6 Å². The highest BCUT2D eigenvalue weighted by molar-refractivity contribution is 5.78. The number of H-pyrrole nitrogens is 2. The highest BCUT2D eigenvalue weighted by Gasteiger charge is 2.13. The van der Waals surface area contributed by atoms with Crippen molar-refractivity contribution in [1.29, 1.82) is 0 Å². The van der Waals surface area contributed by atoms with Crippen LogP contribution in [0.15, 0.2) is 17.1 Å². The van der Waals surface area contributed by atoms with Crippen molar-refractivity contribution < 1.29 is 0 Å². The Bertz CT molecular complexity index is 518. The number of nitrogens with zero attached hydrogens (tertiary/aromatic N) is 1. The van der Waals surface area contributed by atoms with Gasteiger partial charge >= 0.3 is 5.69 Å². The maximum Gasteiger partial charge on any atom is 0.327 e. The molecule has 2 aromatic heterocycles. The van der Waals surface area contributed by atoms with Gasteiger partial charge in [-0.25, -0.2) is 4.79 Å². The van der Waals surface area contributed by atoms with E-state index in [1.54, 1.807) is 19.3 Å². The Morgan fingerprint density at radius 3 is 2.50 bits per heavy atom. The second kappa shape index (κ2) is 2.69. The van der Waals surface area contributed by atoms with Crippen molar-refractivity contribution in [1.82, 2.24) is 14.5 Å². The number of nitrogen functional groups attached to an aromatic ring is 2. The molecule has 6 nitrogen and oxygen atoms in total. The van der Waals surface area contributed by atoms with E-state index in [9.17, 15) is 4.79 Å². The van der Waals surface area contributed by atoms with Gasteiger partial charge in [-0.05, 0) is 6.07 Å². The molecule has 0 amide bonds. The number of aromatic nitrogens is 3. The van der Waals surface area contributed by atoms with Crippen LogP contribution >= 0.6 is 0 Å². The summed E-state index contributed by atoms with van der Waals surface area (Å²) < 4.78 is 1.43. The van der Waals surface area contributed by atoms with Crippen LogP contribution in [-0.2, 0) is 7.05 Å². The summed E-state index contributed by atoms with van der Waals surface area (Å²) in [5.74, 6) is 0.815. The van der Waals surface area contributed by atoms with Crippen LogP contribution < -0.4 is 17.2 Å². The fraction of sp³-hybridized carbons (Fsp3) is 0.125.